The molecule has 0 spiro atoms. The van der Waals surface area contributed by atoms with Gasteiger partial charge in [0.2, 0.25) is 5.91 Å². The normalized spacial score (nSPS) is 16.0. The van der Waals surface area contributed by atoms with Gasteiger partial charge in [0.25, 0.3) is 0 Å². The van der Waals surface area contributed by atoms with Gasteiger partial charge in [-0.2, -0.15) is 0 Å². The summed E-state index contributed by atoms with van der Waals surface area (Å²) in [5, 5.41) is 0. The number of nitrogens with zero attached hydrogens (tertiary/aromatic N) is 3. The van der Waals surface area contributed by atoms with Crippen LogP contribution >= 0.6 is 0 Å². The van der Waals surface area contributed by atoms with Gasteiger partial charge >= 0.3 is 0 Å². The largest absolute Gasteiger partial charge is 0.348 e. The zero-order valence-electron chi connectivity index (χ0n) is 19.4. The summed E-state index contributed by atoms with van der Waals surface area (Å²) >= 11 is 0. The zero-order valence-corrected chi connectivity index (χ0v) is 19.4. The molecular formula is C28H33N3O. The molecule has 0 atom stereocenters. The van der Waals surface area contributed by atoms with Crippen LogP contribution in [0.1, 0.15) is 29.5 Å². The van der Waals surface area contributed by atoms with Crippen LogP contribution in [0.3, 0.4) is 0 Å². The van der Waals surface area contributed by atoms with E-state index >= 15 is 0 Å². The summed E-state index contributed by atoms with van der Waals surface area (Å²) < 4.78 is 0. The van der Waals surface area contributed by atoms with Crippen LogP contribution in [0.2, 0.25) is 0 Å². The number of aromatic nitrogens is 1. The van der Waals surface area contributed by atoms with Crippen molar-refractivity contribution in [3.05, 3.63) is 89.7 Å². The van der Waals surface area contributed by atoms with E-state index in [1.165, 1.54) is 22.3 Å². The minimum atomic E-state index is -0.370. The zero-order chi connectivity index (χ0) is 22.6. The summed E-state index contributed by atoms with van der Waals surface area (Å²) in [7, 11) is 3.77. The highest BCUT2D eigenvalue weighted by Gasteiger charge is 2.42. The van der Waals surface area contributed by atoms with Crippen LogP contribution in [0, 0.1) is 12.3 Å². The van der Waals surface area contributed by atoms with Crippen molar-refractivity contribution in [3.63, 3.8) is 0 Å². The molecule has 166 valence electrons. The fraction of sp³-hybridized carbons (Fsp3) is 0.357. The third-order valence-electron chi connectivity index (χ3n) is 6.68. The first-order valence-electron chi connectivity index (χ1n) is 11.4. The maximum atomic E-state index is 13.5. The molecule has 2 aromatic carbocycles. The summed E-state index contributed by atoms with van der Waals surface area (Å²) in [5.41, 5.74) is 5.77. The predicted octanol–water partition coefficient (Wildman–Crippen LogP) is 4.97. The Labute approximate surface area is 191 Å². The molecule has 0 aliphatic carbocycles. The summed E-state index contributed by atoms with van der Waals surface area (Å²) in [5.74, 6) is 0.244. The average Bonchev–Trinajstić information content (AvgIpc) is 2.81. The average molecular weight is 428 g/mol. The molecule has 3 aromatic rings. The second kappa shape index (κ2) is 9.66. The SMILES string of the molecule is Cc1cccc(CN2CCC(Cc3ccccc3-c3cccnc3)(C(=O)N(C)C)CC2)c1. The van der Waals surface area contributed by atoms with Crippen LogP contribution in [0.4, 0.5) is 0 Å². The number of hydrogen-bond donors (Lipinski definition) is 0. The van der Waals surface area contributed by atoms with Crippen LogP contribution in [0.5, 0.6) is 0 Å². The number of pyridine rings is 1. The molecule has 4 heteroatoms. The maximum Gasteiger partial charge on any atom is 0.228 e. The fourth-order valence-electron chi connectivity index (χ4n) is 4.99. The standard InChI is InChI=1S/C28H33N3O/c1-22-8-6-9-23(18-22)21-31-16-13-28(14-17-31,27(32)30(2)3)19-24-10-4-5-12-26(24)25-11-7-15-29-20-25/h4-12,15,18,20H,13-14,16-17,19,21H2,1-3H3. The Morgan fingerprint density at radius 1 is 1.03 bits per heavy atom. The Hall–Kier alpha value is -2.98. The molecule has 0 N–H and O–H groups in total. The summed E-state index contributed by atoms with van der Waals surface area (Å²) in [6.45, 7) is 4.95. The van der Waals surface area contributed by atoms with E-state index in [9.17, 15) is 4.79 Å². The number of piperidine rings is 1. The number of benzene rings is 2. The molecule has 4 nitrogen and oxygen atoms in total. The third kappa shape index (κ3) is 4.91. The highest BCUT2D eigenvalue weighted by molar-refractivity contribution is 5.83. The van der Waals surface area contributed by atoms with E-state index in [1.54, 1.807) is 11.1 Å². The lowest BCUT2D eigenvalue weighted by molar-refractivity contribution is -0.142. The predicted molar refractivity (Wildman–Crippen MR) is 130 cm³/mol. The highest BCUT2D eigenvalue weighted by atomic mass is 16.2. The lowest BCUT2D eigenvalue weighted by Gasteiger charge is -2.42. The summed E-state index contributed by atoms with van der Waals surface area (Å²) in [6.07, 6.45) is 6.21. The fourth-order valence-corrected chi connectivity index (χ4v) is 4.99. The van der Waals surface area contributed by atoms with Crippen LogP contribution in [0.25, 0.3) is 11.1 Å². The smallest absolute Gasteiger partial charge is 0.228 e. The lowest BCUT2D eigenvalue weighted by Crippen LogP contribution is -2.49. The van der Waals surface area contributed by atoms with Crippen molar-refractivity contribution in [1.29, 1.82) is 0 Å². The number of hydrogen-bond acceptors (Lipinski definition) is 3. The lowest BCUT2D eigenvalue weighted by atomic mass is 9.71. The molecule has 0 bridgehead atoms. The van der Waals surface area contributed by atoms with E-state index < -0.39 is 0 Å². The first-order chi connectivity index (χ1) is 15.5. The maximum absolute atomic E-state index is 13.5. The summed E-state index contributed by atoms with van der Waals surface area (Å²) in [6, 6.07) is 21.3. The number of carbonyl (C=O) groups excluding carboxylic acids is 1. The topological polar surface area (TPSA) is 36.4 Å². The van der Waals surface area contributed by atoms with Crippen molar-refractivity contribution < 1.29 is 4.79 Å². The molecule has 0 radical (unpaired) electrons. The van der Waals surface area contributed by atoms with Gasteiger partial charge in [0.1, 0.15) is 0 Å². The van der Waals surface area contributed by atoms with Crippen LogP contribution < -0.4 is 0 Å². The molecule has 2 heterocycles. The van der Waals surface area contributed by atoms with Gasteiger partial charge in [-0.05, 0) is 62.0 Å². The van der Waals surface area contributed by atoms with Crippen LogP contribution in [-0.4, -0.2) is 47.9 Å². The molecule has 1 aliphatic heterocycles. The van der Waals surface area contributed by atoms with Gasteiger partial charge in [-0.25, -0.2) is 0 Å². The van der Waals surface area contributed by atoms with Crippen molar-refractivity contribution in [1.82, 2.24) is 14.8 Å². The first-order valence-corrected chi connectivity index (χ1v) is 11.4. The Morgan fingerprint density at radius 2 is 1.81 bits per heavy atom. The van der Waals surface area contributed by atoms with Gasteiger partial charge in [-0.1, -0.05) is 60.2 Å². The molecule has 32 heavy (non-hydrogen) atoms. The van der Waals surface area contributed by atoms with Crippen molar-refractivity contribution in [2.75, 3.05) is 27.2 Å². The number of amides is 1. The highest BCUT2D eigenvalue weighted by Crippen LogP contribution is 2.39. The molecular weight excluding hydrogens is 394 g/mol. The quantitative estimate of drug-likeness (QED) is 0.557. The van der Waals surface area contributed by atoms with E-state index in [0.29, 0.717) is 0 Å². The van der Waals surface area contributed by atoms with E-state index in [0.717, 1.165) is 44.5 Å². The Bertz CT molecular complexity index is 1050. The Balaban J connectivity index is 1.56. The van der Waals surface area contributed by atoms with Crippen molar-refractivity contribution in [3.8, 4) is 11.1 Å². The van der Waals surface area contributed by atoms with E-state index in [-0.39, 0.29) is 11.3 Å². The van der Waals surface area contributed by atoms with Crippen LogP contribution in [0.15, 0.2) is 73.1 Å². The van der Waals surface area contributed by atoms with Gasteiger partial charge in [-0.15, -0.1) is 0 Å². The second-order valence-corrected chi connectivity index (χ2v) is 9.32. The minimum Gasteiger partial charge on any atom is -0.348 e. The van der Waals surface area contributed by atoms with E-state index in [4.69, 9.17) is 0 Å². The van der Waals surface area contributed by atoms with Gasteiger partial charge < -0.3 is 4.90 Å². The molecule has 1 aliphatic rings. The van der Waals surface area contributed by atoms with Gasteiger partial charge in [0.15, 0.2) is 0 Å². The van der Waals surface area contributed by atoms with Gasteiger partial charge in [0.05, 0.1) is 5.41 Å². The number of aryl methyl sites for hydroxylation is 1. The molecule has 1 aromatic heterocycles. The Morgan fingerprint density at radius 3 is 2.50 bits per heavy atom. The van der Waals surface area contributed by atoms with E-state index in [1.807, 2.05) is 26.4 Å². The number of rotatable bonds is 6. The third-order valence-corrected chi connectivity index (χ3v) is 6.68. The van der Waals surface area contributed by atoms with Gasteiger partial charge in [-0.3, -0.25) is 14.7 Å². The Kier molecular flexibility index (Phi) is 6.71. The second-order valence-electron chi connectivity index (χ2n) is 9.32. The summed E-state index contributed by atoms with van der Waals surface area (Å²) in [4.78, 5) is 22.1. The van der Waals surface area contributed by atoms with Crippen LogP contribution in [-0.2, 0) is 17.8 Å². The molecule has 1 amide bonds. The molecule has 4 rings (SSSR count). The molecule has 0 unspecified atom stereocenters. The minimum absolute atomic E-state index is 0.244. The number of likely N-dealkylation sites (tertiary alicyclic amines) is 1. The molecule has 0 saturated carbocycles. The van der Waals surface area contributed by atoms with E-state index in [2.05, 4.69) is 71.4 Å². The van der Waals surface area contributed by atoms with Gasteiger partial charge in [0, 0.05) is 38.6 Å². The first kappa shape index (κ1) is 22.2. The van der Waals surface area contributed by atoms with Crippen molar-refractivity contribution in [2.24, 2.45) is 5.41 Å². The number of carbonyl (C=O) groups is 1. The molecule has 1 saturated heterocycles. The van der Waals surface area contributed by atoms with Crippen molar-refractivity contribution >= 4 is 5.91 Å². The monoisotopic (exact) mass is 427 g/mol. The molecule has 1 fully saturated rings. The van der Waals surface area contributed by atoms with Crippen molar-refractivity contribution in [2.45, 2.75) is 32.7 Å².